The molecule has 0 radical (unpaired) electrons. The molecule has 1 saturated carbocycles. The molecule has 3 aliphatic rings. The summed E-state index contributed by atoms with van der Waals surface area (Å²) in [4.78, 5) is 0. The van der Waals surface area contributed by atoms with Gasteiger partial charge in [-0.25, -0.2) is 0 Å². The molecule has 2 nitrogen and oxygen atoms in total. The highest BCUT2D eigenvalue weighted by Gasteiger charge is 2.49. The smallest absolute Gasteiger partial charge is 0.0736 e. The molecule has 2 atom stereocenters. The van der Waals surface area contributed by atoms with Crippen molar-refractivity contribution in [2.75, 3.05) is 13.2 Å². The molecule has 0 bridgehead atoms. The first-order valence-corrected chi connectivity index (χ1v) is 6.16. The fourth-order valence-corrected chi connectivity index (χ4v) is 3.69. The van der Waals surface area contributed by atoms with Crippen molar-refractivity contribution in [3.63, 3.8) is 0 Å². The monoisotopic (exact) mass is 196 g/mol. The molecule has 3 fully saturated rings. The predicted molar refractivity (Wildman–Crippen MR) is 54.2 cm³/mol. The van der Waals surface area contributed by atoms with E-state index in [-0.39, 0.29) is 5.60 Å². The summed E-state index contributed by atoms with van der Waals surface area (Å²) in [6, 6.07) is 0. The molecule has 3 rings (SSSR count). The number of ether oxygens (including phenoxy) is 2. The van der Waals surface area contributed by atoms with Gasteiger partial charge in [0.05, 0.1) is 11.7 Å². The predicted octanol–water partition coefficient (Wildman–Crippen LogP) is 2.51. The van der Waals surface area contributed by atoms with Crippen molar-refractivity contribution in [2.45, 2.75) is 56.7 Å². The van der Waals surface area contributed by atoms with Crippen LogP contribution in [0.2, 0.25) is 0 Å². The zero-order valence-corrected chi connectivity index (χ0v) is 8.84. The second-order valence-electron chi connectivity index (χ2n) is 5.07. The summed E-state index contributed by atoms with van der Waals surface area (Å²) in [5, 5.41) is 0. The van der Waals surface area contributed by atoms with Crippen LogP contribution in [0.15, 0.2) is 0 Å². The van der Waals surface area contributed by atoms with Crippen LogP contribution in [0.3, 0.4) is 0 Å². The van der Waals surface area contributed by atoms with Gasteiger partial charge < -0.3 is 9.47 Å². The third kappa shape index (κ3) is 1.31. The van der Waals surface area contributed by atoms with Crippen LogP contribution in [0.25, 0.3) is 0 Å². The number of hydrogen-bond donors (Lipinski definition) is 0. The molecular weight excluding hydrogens is 176 g/mol. The van der Waals surface area contributed by atoms with Crippen molar-refractivity contribution in [1.29, 1.82) is 0 Å². The quantitative estimate of drug-likeness (QED) is 0.592. The van der Waals surface area contributed by atoms with Gasteiger partial charge in [0, 0.05) is 19.1 Å². The summed E-state index contributed by atoms with van der Waals surface area (Å²) in [6.45, 7) is 1.90. The Balaban J connectivity index is 1.81. The topological polar surface area (TPSA) is 18.5 Å². The number of fused-ring (bicyclic) bond motifs is 2. The lowest BCUT2D eigenvalue weighted by Crippen LogP contribution is -2.50. The van der Waals surface area contributed by atoms with Crippen LogP contribution in [-0.4, -0.2) is 24.9 Å². The molecule has 2 heterocycles. The fraction of sp³-hybridized carbons (Fsp3) is 1.00. The standard InChI is InChI=1S/C12H20O2/c1-2-6-12(7-3-1)10-4-8-13-11(10)5-9-14-12/h10-11H,1-9H2/t10-,11+/m1/s1. The third-order valence-corrected chi connectivity index (χ3v) is 4.38. The summed E-state index contributed by atoms with van der Waals surface area (Å²) in [7, 11) is 0. The van der Waals surface area contributed by atoms with E-state index in [2.05, 4.69) is 0 Å². The molecule has 14 heavy (non-hydrogen) atoms. The average molecular weight is 196 g/mol. The second-order valence-corrected chi connectivity index (χ2v) is 5.07. The molecule has 0 N–H and O–H groups in total. The Morgan fingerprint density at radius 2 is 1.79 bits per heavy atom. The second kappa shape index (κ2) is 3.49. The van der Waals surface area contributed by atoms with E-state index >= 15 is 0 Å². The number of hydrogen-bond acceptors (Lipinski definition) is 2. The third-order valence-electron chi connectivity index (χ3n) is 4.38. The Labute approximate surface area is 86.0 Å². The number of rotatable bonds is 0. The Kier molecular flexibility index (Phi) is 2.29. The molecule has 0 aromatic heterocycles. The minimum absolute atomic E-state index is 0.234. The maximum absolute atomic E-state index is 6.14. The maximum atomic E-state index is 6.14. The zero-order valence-electron chi connectivity index (χ0n) is 8.84. The van der Waals surface area contributed by atoms with Crippen LogP contribution in [0.1, 0.15) is 44.9 Å². The molecule has 1 spiro atoms. The van der Waals surface area contributed by atoms with Gasteiger partial charge in [-0.2, -0.15) is 0 Å². The van der Waals surface area contributed by atoms with Crippen molar-refractivity contribution >= 4 is 0 Å². The van der Waals surface area contributed by atoms with E-state index in [0.717, 1.165) is 25.6 Å². The Bertz CT molecular complexity index is 203. The minimum Gasteiger partial charge on any atom is -0.378 e. The van der Waals surface area contributed by atoms with Gasteiger partial charge in [0.2, 0.25) is 0 Å². The van der Waals surface area contributed by atoms with Gasteiger partial charge in [0.1, 0.15) is 0 Å². The Hall–Kier alpha value is -0.0800. The van der Waals surface area contributed by atoms with E-state index < -0.39 is 0 Å². The van der Waals surface area contributed by atoms with Crippen LogP contribution in [0.4, 0.5) is 0 Å². The van der Waals surface area contributed by atoms with Crippen molar-refractivity contribution in [3.05, 3.63) is 0 Å². The van der Waals surface area contributed by atoms with Crippen molar-refractivity contribution in [3.8, 4) is 0 Å². The fourth-order valence-electron chi connectivity index (χ4n) is 3.69. The van der Waals surface area contributed by atoms with Gasteiger partial charge in [0.25, 0.3) is 0 Å². The Morgan fingerprint density at radius 3 is 2.64 bits per heavy atom. The lowest BCUT2D eigenvalue weighted by Gasteiger charge is -2.47. The van der Waals surface area contributed by atoms with E-state index in [4.69, 9.17) is 9.47 Å². The van der Waals surface area contributed by atoms with Gasteiger partial charge >= 0.3 is 0 Å². The molecule has 2 aliphatic heterocycles. The zero-order chi connectivity index (χ0) is 9.43. The molecular formula is C12H20O2. The summed E-state index contributed by atoms with van der Waals surface area (Å²) in [5.74, 6) is 0.719. The van der Waals surface area contributed by atoms with E-state index in [1.165, 1.54) is 38.5 Å². The highest BCUT2D eigenvalue weighted by Crippen LogP contribution is 2.47. The van der Waals surface area contributed by atoms with Crippen LogP contribution >= 0.6 is 0 Å². The van der Waals surface area contributed by atoms with Crippen molar-refractivity contribution < 1.29 is 9.47 Å². The molecule has 1 aliphatic carbocycles. The van der Waals surface area contributed by atoms with Crippen LogP contribution < -0.4 is 0 Å². The molecule has 2 saturated heterocycles. The highest BCUT2D eigenvalue weighted by molar-refractivity contribution is 4.99. The molecule has 2 heteroatoms. The first-order chi connectivity index (χ1) is 6.91. The molecule has 80 valence electrons. The SMILES string of the molecule is C1CCC2(CC1)OCC[C@@H]1OCC[C@H]12. The summed E-state index contributed by atoms with van der Waals surface area (Å²) < 4.78 is 11.9. The van der Waals surface area contributed by atoms with Crippen LogP contribution in [-0.2, 0) is 9.47 Å². The normalized spacial score (nSPS) is 41.1. The van der Waals surface area contributed by atoms with Gasteiger partial charge in [-0.15, -0.1) is 0 Å². The van der Waals surface area contributed by atoms with E-state index in [1.54, 1.807) is 0 Å². The van der Waals surface area contributed by atoms with Gasteiger partial charge in [-0.3, -0.25) is 0 Å². The van der Waals surface area contributed by atoms with Crippen LogP contribution in [0.5, 0.6) is 0 Å². The lowest BCUT2D eigenvalue weighted by molar-refractivity contribution is -0.163. The van der Waals surface area contributed by atoms with Gasteiger partial charge in [-0.05, 0) is 25.7 Å². The summed E-state index contributed by atoms with van der Waals surface area (Å²) >= 11 is 0. The molecule has 0 unspecified atom stereocenters. The largest absolute Gasteiger partial charge is 0.378 e. The van der Waals surface area contributed by atoms with Crippen LogP contribution in [0, 0.1) is 5.92 Å². The van der Waals surface area contributed by atoms with E-state index in [1.807, 2.05) is 0 Å². The van der Waals surface area contributed by atoms with Crippen molar-refractivity contribution in [2.24, 2.45) is 5.92 Å². The van der Waals surface area contributed by atoms with Gasteiger partial charge in [0.15, 0.2) is 0 Å². The first-order valence-electron chi connectivity index (χ1n) is 6.16. The highest BCUT2D eigenvalue weighted by atomic mass is 16.5. The molecule has 0 aromatic rings. The summed E-state index contributed by atoms with van der Waals surface area (Å²) in [5.41, 5.74) is 0.234. The molecule has 0 amide bonds. The van der Waals surface area contributed by atoms with E-state index in [0.29, 0.717) is 6.10 Å². The minimum atomic E-state index is 0.234. The lowest BCUT2D eigenvalue weighted by atomic mass is 9.71. The van der Waals surface area contributed by atoms with Gasteiger partial charge in [-0.1, -0.05) is 19.3 Å². The maximum Gasteiger partial charge on any atom is 0.0736 e. The summed E-state index contributed by atoms with van der Waals surface area (Å²) in [6.07, 6.45) is 9.61. The average Bonchev–Trinajstić information content (AvgIpc) is 2.69. The molecule has 0 aromatic carbocycles. The Morgan fingerprint density at radius 1 is 0.929 bits per heavy atom. The first kappa shape index (κ1) is 9.17. The van der Waals surface area contributed by atoms with E-state index in [9.17, 15) is 0 Å². The van der Waals surface area contributed by atoms with Crippen molar-refractivity contribution in [1.82, 2.24) is 0 Å².